The molecule has 0 aromatic carbocycles. The number of carboxylic acids is 1. The Morgan fingerprint density at radius 2 is 2.20 bits per heavy atom. The molecule has 3 nitrogen and oxygen atoms in total. The molecule has 0 radical (unpaired) electrons. The number of carbonyl (C=O) groups is 1. The van der Waals surface area contributed by atoms with Crippen LogP contribution in [0.1, 0.15) is 13.8 Å². The Balaban J connectivity index is 4.47. The van der Waals surface area contributed by atoms with E-state index in [0.29, 0.717) is 0 Å². The van der Waals surface area contributed by atoms with Crippen molar-refractivity contribution in [3.8, 4) is 6.07 Å². The van der Waals surface area contributed by atoms with Crippen LogP contribution < -0.4 is 0 Å². The Kier molecular flexibility index (Phi) is 3.20. The molecule has 0 atom stereocenters. The number of hydrogen-bond donors (Lipinski definition) is 1. The first kappa shape index (κ1) is 8.70. The highest BCUT2D eigenvalue weighted by Crippen LogP contribution is 2.07. The van der Waals surface area contributed by atoms with Crippen molar-refractivity contribution in [2.45, 2.75) is 13.8 Å². The first-order valence-electron chi connectivity index (χ1n) is 2.92. The molecule has 0 saturated carbocycles. The van der Waals surface area contributed by atoms with E-state index in [0.717, 1.165) is 6.08 Å². The minimum absolute atomic E-state index is 0.0999. The molecule has 0 fully saturated rings. The molecule has 0 aliphatic rings. The molecular weight excluding hydrogens is 130 g/mol. The second-order valence-electron chi connectivity index (χ2n) is 2.19. The summed E-state index contributed by atoms with van der Waals surface area (Å²) < 4.78 is 0. The van der Waals surface area contributed by atoms with Crippen LogP contribution in [0.2, 0.25) is 0 Å². The summed E-state index contributed by atoms with van der Waals surface area (Å²) in [6.45, 7) is 3.47. The third kappa shape index (κ3) is 2.31. The van der Waals surface area contributed by atoms with Crippen LogP contribution in [-0.2, 0) is 4.79 Å². The van der Waals surface area contributed by atoms with Gasteiger partial charge in [0.05, 0.1) is 6.07 Å². The zero-order chi connectivity index (χ0) is 8.15. The van der Waals surface area contributed by atoms with Crippen LogP contribution in [0.4, 0.5) is 0 Å². The standard InChI is InChI=1S/C7H9NO2/c1-5(2)6(3-4-8)7(9)10/h3,5H,1-2H3,(H,9,10). The van der Waals surface area contributed by atoms with Gasteiger partial charge in [0, 0.05) is 11.6 Å². The molecule has 0 rings (SSSR count). The third-order valence-corrected chi connectivity index (χ3v) is 1.09. The van der Waals surface area contributed by atoms with E-state index in [-0.39, 0.29) is 11.5 Å². The minimum Gasteiger partial charge on any atom is -0.478 e. The van der Waals surface area contributed by atoms with Crippen LogP contribution in [0, 0.1) is 17.2 Å². The van der Waals surface area contributed by atoms with Crippen LogP contribution in [0.25, 0.3) is 0 Å². The van der Waals surface area contributed by atoms with Gasteiger partial charge in [-0.3, -0.25) is 0 Å². The summed E-state index contributed by atoms with van der Waals surface area (Å²) in [6.07, 6.45) is 1.06. The number of nitrogens with zero attached hydrogens (tertiary/aromatic N) is 1. The van der Waals surface area contributed by atoms with Crippen molar-refractivity contribution in [2.24, 2.45) is 5.92 Å². The van der Waals surface area contributed by atoms with Crippen LogP contribution in [-0.4, -0.2) is 11.1 Å². The highest BCUT2D eigenvalue weighted by atomic mass is 16.4. The predicted octanol–water partition coefficient (Wildman–Crippen LogP) is 1.18. The molecule has 1 N–H and O–H groups in total. The fourth-order valence-electron chi connectivity index (χ4n) is 0.545. The molecule has 10 heavy (non-hydrogen) atoms. The molecule has 0 bridgehead atoms. The van der Waals surface area contributed by atoms with Crippen molar-refractivity contribution < 1.29 is 9.90 Å². The van der Waals surface area contributed by atoms with Crippen molar-refractivity contribution in [2.75, 3.05) is 0 Å². The highest BCUT2D eigenvalue weighted by Gasteiger charge is 2.10. The first-order valence-corrected chi connectivity index (χ1v) is 2.92. The summed E-state index contributed by atoms with van der Waals surface area (Å²) in [5.74, 6) is -1.12. The summed E-state index contributed by atoms with van der Waals surface area (Å²) in [5, 5.41) is 16.6. The average Bonchev–Trinajstić information content (AvgIpc) is 1.81. The number of rotatable bonds is 2. The van der Waals surface area contributed by atoms with Gasteiger partial charge < -0.3 is 5.11 Å². The van der Waals surface area contributed by atoms with Gasteiger partial charge in [0.2, 0.25) is 0 Å². The zero-order valence-corrected chi connectivity index (χ0v) is 5.96. The molecule has 3 heteroatoms. The van der Waals surface area contributed by atoms with E-state index in [1.807, 2.05) is 0 Å². The fourth-order valence-corrected chi connectivity index (χ4v) is 0.545. The van der Waals surface area contributed by atoms with E-state index in [4.69, 9.17) is 10.4 Å². The van der Waals surface area contributed by atoms with E-state index < -0.39 is 5.97 Å². The summed E-state index contributed by atoms with van der Waals surface area (Å²) in [6, 6.07) is 1.69. The number of nitriles is 1. The topological polar surface area (TPSA) is 61.1 Å². The number of carboxylic acid groups (broad SMARTS) is 1. The van der Waals surface area contributed by atoms with E-state index >= 15 is 0 Å². The Labute approximate surface area is 59.6 Å². The fraction of sp³-hybridized carbons (Fsp3) is 0.429. The molecular formula is C7H9NO2. The Hall–Kier alpha value is -1.30. The number of allylic oxidation sites excluding steroid dienone is 1. The lowest BCUT2D eigenvalue weighted by atomic mass is 10.0. The Bertz CT molecular complexity index is 198. The van der Waals surface area contributed by atoms with Crippen molar-refractivity contribution >= 4 is 5.97 Å². The molecule has 54 valence electrons. The second kappa shape index (κ2) is 3.67. The predicted molar refractivity (Wildman–Crippen MR) is 36.2 cm³/mol. The minimum atomic E-state index is -1.02. The second-order valence-corrected chi connectivity index (χ2v) is 2.19. The van der Waals surface area contributed by atoms with Gasteiger partial charge in [-0.1, -0.05) is 13.8 Å². The van der Waals surface area contributed by atoms with E-state index in [1.165, 1.54) is 0 Å². The van der Waals surface area contributed by atoms with Crippen LogP contribution >= 0.6 is 0 Å². The van der Waals surface area contributed by atoms with Gasteiger partial charge in [-0.15, -0.1) is 0 Å². The summed E-state index contributed by atoms with van der Waals surface area (Å²) in [4.78, 5) is 10.3. The molecule has 0 aliphatic carbocycles. The van der Waals surface area contributed by atoms with Crippen molar-refractivity contribution in [3.63, 3.8) is 0 Å². The smallest absolute Gasteiger partial charge is 0.332 e. The molecule has 0 saturated heterocycles. The number of aliphatic carboxylic acids is 1. The van der Waals surface area contributed by atoms with Gasteiger partial charge in [-0.05, 0) is 5.92 Å². The van der Waals surface area contributed by atoms with Crippen molar-refractivity contribution in [3.05, 3.63) is 11.6 Å². The lowest BCUT2D eigenvalue weighted by molar-refractivity contribution is -0.133. The quantitative estimate of drug-likeness (QED) is 0.461. The zero-order valence-electron chi connectivity index (χ0n) is 5.96. The van der Waals surface area contributed by atoms with E-state index in [1.54, 1.807) is 19.9 Å². The molecule has 0 heterocycles. The molecule has 0 amide bonds. The van der Waals surface area contributed by atoms with Crippen LogP contribution in [0.5, 0.6) is 0 Å². The molecule has 0 unspecified atom stereocenters. The van der Waals surface area contributed by atoms with Gasteiger partial charge in [-0.2, -0.15) is 5.26 Å². The van der Waals surface area contributed by atoms with E-state index in [2.05, 4.69) is 0 Å². The number of hydrogen-bond acceptors (Lipinski definition) is 2. The SMILES string of the molecule is CC(C)C(=CC#N)C(=O)O. The summed E-state index contributed by atoms with van der Waals surface area (Å²) >= 11 is 0. The Morgan fingerprint density at radius 1 is 1.70 bits per heavy atom. The maximum Gasteiger partial charge on any atom is 0.332 e. The monoisotopic (exact) mass is 139 g/mol. The van der Waals surface area contributed by atoms with Gasteiger partial charge in [0.15, 0.2) is 0 Å². The molecule has 0 aliphatic heterocycles. The summed E-state index contributed by atoms with van der Waals surface area (Å²) in [5.41, 5.74) is 0.155. The maximum absolute atomic E-state index is 10.3. The van der Waals surface area contributed by atoms with Crippen molar-refractivity contribution in [1.29, 1.82) is 5.26 Å². The first-order chi connectivity index (χ1) is 4.59. The van der Waals surface area contributed by atoms with Gasteiger partial charge in [0.1, 0.15) is 0 Å². The van der Waals surface area contributed by atoms with Gasteiger partial charge in [-0.25, -0.2) is 4.79 Å². The van der Waals surface area contributed by atoms with Crippen LogP contribution in [0.3, 0.4) is 0 Å². The van der Waals surface area contributed by atoms with Gasteiger partial charge in [0.25, 0.3) is 0 Å². The largest absolute Gasteiger partial charge is 0.478 e. The van der Waals surface area contributed by atoms with Crippen molar-refractivity contribution in [1.82, 2.24) is 0 Å². The van der Waals surface area contributed by atoms with Crippen LogP contribution in [0.15, 0.2) is 11.6 Å². The maximum atomic E-state index is 10.3. The highest BCUT2D eigenvalue weighted by molar-refractivity contribution is 5.87. The third-order valence-electron chi connectivity index (χ3n) is 1.09. The molecule has 0 aromatic heterocycles. The Morgan fingerprint density at radius 3 is 2.30 bits per heavy atom. The summed E-state index contributed by atoms with van der Waals surface area (Å²) in [7, 11) is 0. The van der Waals surface area contributed by atoms with E-state index in [9.17, 15) is 4.79 Å². The lowest BCUT2D eigenvalue weighted by Crippen LogP contribution is -2.06. The van der Waals surface area contributed by atoms with Gasteiger partial charge >= 0.3 is 5.97 Å². The molecule has 0 aromatic rings. The normalized spacial score (nSPS) is 11.2. The molecule has 0 spiro atoms. The lowest BCUT2D eigenvalue weighted by Gasteiger charge is -2.01. The average molecular weight is 139 g/mol.